The smallest absolute Gasteiger partial charge is 0.338 e. The van der Waals surface area contributed by atoms with E-state index >= 15 is 0 Å². The second-order valence-corrected chi connectivity index (χ2v) is 11.5. The van der Waals surface area contributed by atoms with Crippen LogP contribution in [0.2, 0.25) is 0 Å². The highest BCUT2D eigenvalue weighted by Gasteiger charge is 2.62. The van der Waals surface area contributed by atoms with Crippen LogP contribution in [0.3, 0.4) is 0 Å². The standard InChI is InChI=1S/C31H28N2O5S/c1-4-17-37-29(35)22-15-16-32-23(18-22)19-24-27(34)33-26(31(2,3)39-28(24)33)30(36)38-25(20-11-7-5-8-12-20)21-13-9-6-10-14-21/h4-16,18-19,25-26,28H,1,17H2,2-3H3/t26-,28?/m0/s1. The third kappa shape index (κ3) is 5.25. The van der Waals surface area contributed by atoms with Gasteiger partial charge in [0.25, 0.3) is 5.91 Å². The highest BCUT2D eigenvalue weighted by molar-refractivity contribution is 8.01. The number of amides is 1. The van der Waals surface area contributed by atoms with Crippen molar-refractivity contribution in [3.63, 3.8) is 0 Å². The Bertz CT molecular complexity index is 1400. The molecule has 2 fully saturated rings. The van der Waals surface area contributed by atoms with Gasteiger partial charge in [-0.25, -0.2) is 9.59 Å². The number of esters is 2. The molecule has 2 aromatic carbocycles. The molecule has 1 aromatic heterocycles. The van der Waals surface area contributed by atoms with E-state index in [0.29, 0.717) is 16.8 Å². The van der Waals surface area contributed by atoms with Gasteiger partial charge in [-0.15, -0.1) is 11.8 Å². The first kappa shape index (κ1) is 26.4. The monoisotopic (exact) mass is 540 g/mol. The molecule has 2 atom stereocenters. The quantitative estimate of drug-likeness (QED) is 0.168. The molecule has 8 heteroatoms. The predicted octanol–water partition coefficient (Wildman–Crippen LogP) is 5.20. The Hall–Kier alpha value is -4.17. The number of hydrogen-bond donors (Lipinski definition) is 0. The molecule has 0 spiro atoms. The minimum atomic E-state index is -0.764. The highest BCUT2D eigenvalue weighted by atomic mass is 32.2. The summed E-state index contributed by atoms with van der Waals surface area (Å²) in [5.74, 6) is -1.20. The van der Waals surface area contributed by atoms with Crippen LogP contribution in [0, 0.1) is 0 Å². The van der Waals surface area contributed by atoms with Crippen molar-refractivity contribution < 1.29 is 23.9 Å². The molecule has 2 aliphatic heterocycles. The molecule has 0 N–H and O–H groups in total. The van der Waals surface area contributed by atoms with Crippen molar-refractivity contribution in [2.45, 2.75) is 36.1 Å². The fraction of sp³-hybridized carbons (Fsp3) is 0.226. The fourth-order valence-corrected chi connectivity index (χ4v) is 6.37. The number of nitrogens with zero attached hydrogens (tertiary/aromatic N) is 2. The summed E-state index contributed by atoms with van der Waals surface area (Å²) in [6, 6.07) is 21.5. The molecule has 0 saturated carbocycles. The van der Waals surface area contributed by atoms with Crippen molar-refractivity contribution >= 4 is 35.7 Å². The van der Waals surface area contributed by atoms with E-state index in [4.69, 9.17) is 9.47 Å². The first-order valence-electron chi connectivity index (χ1n) is 12.6. The van der Waals surface area contributed by atoms with E-state index in [9.17, 15) is 14.4 Å². The number of β-lactam (4-membered cyclic amide) rings is 1. The maximum Gasteiger partial charge on any atom is 0.338 e. The molecular weight excluding hydrogens is 512 g/mol. The Morgan fingerprint density at radius 2 is 1.72 bits per heavy atom. The van der Waals surface area contributed by atoms with Crippen molar-refractivity contribution in [3.05, 3.63) is 120 Å². The van der Waals surface area contributed by atoms with Gasteiger partial charge in [-0.2, -0.15) is 0 Å². The van der Waals surface area contributed by atoms with Gasteiger partial charge in [0.15, 0.2) is 6.10 Å². The minimum absolute atomic E-state index is 0.103. The number of rotatable bonds is 8. The largest absolute Gasteiger partial charge is 0.458 e. The summed E-state index contributed by atoms with van der Waals surface area (Å²) in [4.78, 5) is 45.2. The molecule has 39 heavy (non-hydrogen) atoms. The Balaban J connectivity index is 1.38. The van der Waals surface area contributed by atoms with Gasteiger partial charge in [-0.1, -0.05) is 73.3 Å². The van der Waals surface area contributed by atoms with Crippen LogP contribution in [-0.4, -0.2) is 50.5 Å². The molecule has 198 valence electrons. The third-order valence-electron chi connectivity index (χ3n) is 6.67. The summed E-state index contributed by atoms with van der Waals surface area (Å²) in [7, 11) is 0. The summed E-state index contributed by atoms with van der Waals surface area (Å²) in [6.45, 7) is 7.54. The van der Waals surface area contributed by atoms with Crippen molar-refractivity contribution in [1.29, 1.82) is 0 Å². The van der Waals surface area contributed by atoms with Crippen molar-refractivity contribution in [2.24, 2.45) is 0 Å². The molecule has 2 saturated heterocycles. The lowest BCUT2D eigenvalue weighted by molar-refractivity contribution is -0.160. The van der Waals surface area contributed by atoms with Crippen LogP contribution in [0.4, 0.5) is 0 Å². The van der Waals surface area contributed by atoms with E-state index in [1.165, 1.54) is 24.0 Å². The summed E-state index contributed by atoms with van der Waals surface area (Å²) in [6.07, 6.45) is 4.06. The molecule has 2 aliphatic rings. The molecule has 5 rings (SSSR count). The number of pyridine rings is 1. The second kappa shape index (κ2) is 10.9. The SMILES string of the molecule is C=CCOC(=O)c1ccnc(C=C2C(=O)N3C2SC(C)(C)[C@@H]3C(=O)OC(c2ccccc2)c2ccccc2)c1. The Kier molecular flexibility index (Phi) is 7.39. The summed E-state index contributed by atoms with van der Waals surface area (Å²) in [5.41, 5.74) is 3.02. The van der Waals surface area contributed by atoms with Gasteiger partial charge in [-0.3, -0.25) is 9.78 Å². The first-order valence-corrected chi connectivity index (χ1v) is 13.4. The van der Waals surface area contributed by atoms with E-state index in [0.717, 1.165) is 11.1 Å². The van der Waals surface area contributed by atoms with E-state index in [1.54, 1.807) is 23.1 Å². The van der Waals surface area contributed by atoms with Crippen LogP contribution in [0.1, 0.15) is 47.1 Å². The van der Waals surface area contributed by atoms with E-state index < -0.39 is 28.8 Å². The summed E-state index contributed by atoms with van der Waals surface area (Å²) >= 11 is 1.53. The zero-order valence-corrected chi connectivity index (χ0v) is 22.5. The fourth-order valence-electron chi connectivity index (χ4n) is 4.83. The average molecular weight is 541 g/mol. The van der Waals surface area contributed by atoms with Gasteiger partial charge in [0.1, 0.15) is 18.0 Å². The van der Waals surface area contributed by atoms with Crippen LogP contribution >= 0.6 is 11.8 Å². The van der Waals surface area contributed by atoms with Gasteiger partial charge in [-0.05, 0) is 43.2 Å². The van der Waals surface area contributed by atoms with Crippen LogP contribution in [0.15, 0.2) is 97.2 Å². The number of thioether (sulfide) groups is 1. The Morgan fingerprint density at radius 3 is 2.33 bits per heavy atom. The lowest BCUT2D eigenvalue weighted by Gasteiger charge is -2.40. The number of carbonyl (C=O) groups excluding carboxylic acids is 3. The first-order chi connectivity index (χ1) is 18.8. The van der Waals surface area contributed by atoms with Gasteiger partial charge >= 0.3 is 11.9 Å². The van der Waals surface area contributed by atoms with Gasteiger partial charge < -0.3 is 14.4 Å². The lowest BCUT2D eigenvalue weighted by atomic mass is 9.94. The molecule has 0 radical (unpaired) electrons. The number of carbonyl (C=O) groups is 3. The van der Waals surface area contributed by atoms with Crippen LogP contribution in [0.25, 0.3) is 6.08 Å². The maximum atomic E-state index is 13.7. The Labute approximate surface area is 231 Å². The minimum Gasteiger partial charge on any atom is -0.458 e. The molecule has 1 amide bonds. The van der Waals surface area contributed by atoms with Crippen molar-refractivity contribution in [1.82, 2.24) is 9.88 Å². The highest BCUT2D eigenvalue weighted by Crippen LogP contribution is 2.54. The van der Waals surface area contributed by atoms with Crippen LogP contribution < -0.4 is 0 Å². The zero-order chi connectivity index (χ0) is 27.6. The molecule has 0 aliphatic carbocycles. The van der Waals surface area contributed by atoms with Crippen LogP contribution in [-0.2, 0) is 19.1 Å². The summed E-state index contributed by atoms with van der Waals surface area (Å²) < 4.78 is 10.6. The number of ether oxygens (including phenoxy) is 2. The molecule has 3 aromatic rings. The van der Waals surface area contributed by atoms with E-state index in [1.807, 2.05) is 74.5 Å². The molecular formula is C31H28N2O5S. The maximum absolute atomic E-state index is 13.7. The Morgan fingerprint density at radius 1 is 1.08 bits per heavy atom. The van der Waals surface area contributed by atoms with E-state index in [2.05, 4.69) is 11.6 Å². The zero-order valence-electron chi connectivity index (χ0n) is 21.7. The number of hydrogen-bond acceptors (Lipinski definition) is 7. The predicted molar refractivity (Wildman–Crippen MR) is 150 cm³/mol. The lowest BCUT2D eigenvalue weighted by Crippen LogP contribution is -2.58. The third-order valence-corrected chi connectivity index (χ3v) is 8.20. The van der Waals surface area contributed by atoms with E-state index in [-0.39, 0.29) is 17.9 Å². The molecule has 1 unspecified atom stereocenters. The molecule has 0 bridgehead atoms. The topological polar surface area (TPSA) is 85.8 Å². The van der Waals surface area contributed by atoms with Gasteiger partial charge in [0.05, 0.1) is 16.8 Å². The molecule has 3 heterocycles. The van der Waals surface area contributed by atoms with Crippen LogP contribution in [0.5, 0.6) is 0 Å². The van der Waals surface area contributed by atoms with Crippen molar-refractivity contribution in [2.75, 3.05) is 6.61 Å². The molecule has 7 nitrogen and oxygen atoms in total. The average Bonchev–Trinajstić information content (AvgIpc) is 3.21. The van der Waals surface area contributed by atoms with Crippen molar-refractivity contribution in [3.8, 4) is 0 Å². The number of fused-ring (bicyclic) bond motifs is 1. The second-order valence-electron chi connectivity index (χ2n) is 9.78. The van der Waals surface area contributed by atoms with Gasteiger partial charge in [0, 0.05) is 10.9 Å². The normalized spacial score (nSPS) is 20.3. The van der Waals surface area contributed by atoms with Gasteiger partial charge in [0.2, 0.25) is 0 Å². The summed E-state index contributed by atoms with van der Waals surface area (Å²) in [5, 5.41) is -0.324. The number of aromatic nitrogens is 1. The number of benzene rings is 2.